The first kappa shape index (κ1) is 18.9. The summed E-state index contributed by atoms with van der Waals surface area (Å²) in [5, 5.41) is 0.681. The van der Waals surface area contributed by atoms with Gasteiger partial charge in [0.2, 0.25) is 0 Å². The number of para-hydroxylation sites is 1. The third-order valence-electron chi connectivity index (χ3n) is 4.09. The maximum Gasteiger partial charge on any atom is 0.266 e. The van der Waals surface area contributed by atoms with E-state index in [-0.39, 0.29) is 12.5 Å². The van der Waals surface area contributed by atoms with Crippen LogP contribution in [-0.4, -0.2) is 31.2 Å². The first-order valence-corrected chi connectivity index (χ1v) is 9.54. The number of ether oxygens (including phenoxy) is 2. The fourth-order valence-corrected chi connectivity index (χ4v) is 3.78. The van der Waals surface area contributed by atoms with Crippen LogP contribution in [0.3, 0.4) is 0 Å². The maximum atomic E-state index is 12.7. The van der Waals surface area contributed by atoms with E-state index in [2.05, 4.69) is 11.6 Å². The van der Waals surface area contributed by atoms with Crippen molar-refractivity contribution in [2.45, 2.75) is 13.3 Å². The summed E-state index contributed by atoms with van der Waals surface area (Å²) < 4.78 is 12.2. The minimum absolute atomic E-state index is 0.0824. The summed E-state index contributed by atoms with van der Waals surface area (Å²) in [7, 11) is 1.58. The van der Waals surface area contributed by atoms with Crippen molar-refractivity contribution in [2.75, 3.05) is 25.2 Å². The molecule has 0 saturated heterocycles. The van der Waals surface area contributed by atoms with Gasteiger partial charge in [0.1, 0.15) is 0 Å². The van der Waals surface area contributed by atoms with Crippen molar-refractivity contribution in [2.24, 2.45) is 0 Å². The second-order valence-electron chi connectivity index (χ2n) is 5.87. The SMILES string of the molecule is C=CCc1ccc(OCC(=O)N(CC)c2nc3ccccc3s2)c(OC)c1. The number of benzene rings is 2. The summed E-state index contributed by atoms with van der Waals surface area (Å²) in [6.07, 6.45) is 2.58. The first-order chi connectivity index (χ1) is 13.2. The van der Waals surface area contributed by atoms with E-state index in [9.17, 15) is 4.79 Å². The number of carbonyl (C=O) groups is 1. The summed E-state index contributed by atoms with van der Waals surface area (Å²) in [6.45, 7) is 6.11. The largest absolute Gasteiger partial charge is 0.493 e. The number of fused-ring (bicyclic) bond motifs is 1. The standard InChI is InChI=1S/C21H22N2O3S/c1-4-8-15-11-12-17(18(13-15)25-3)26-14-20(24)23(5-2)21-22-16-9-6-7-10-19(16)27-21/h4,6-7,9-13H,1,5,8,14H2,2-3H3. The Hall–Kier alpha value is -2.86. The summed E-state index contributed by atoms with van der Waals surface area (Å²) >= 11 is 1.50. The predicted molar refractivity (Wildman–Crippen MR) is 110 cm³/mol. The van der Waals surface area contributed by atoms with Gasteiger partial charge >= 0.3 is 0 Å². The Labute approximate surface area is 162 Å². The van der Waals surface area contributed by atoms with Crippen molar-refractivity contribution in [1.29, 1.82) is 0 Å². The van der Waals surface area contributed by atoms with E-state index in [1.807, 2.05) is 55.5 Å². The number of rotatable bonds is 8. The minimum atomic E-state index is -0.145. The number of thiazole rings is 1. The molecule has 0 atom stereocenters. The number of aromatic nitrogens is 1. The van der Waals surface area contributed by atoms with Crippen LogP contribution in [0.4, 0.5) is 5.13 Å². The van der Waals surface area contributed by atoms with Crippen molar-refractivity contribution in [1.82, 2.24) is 4.98 Å². The van der Waals surface area contributed by atoms with E-state index < -0.39 is 0 Å². The molecule has 0 aliphatic carbocycles. The van der Waals surface area contributed by atoms with Crippen LogP contribution in [-0.2, 0) is 11.2 Å². The van der Waals surface area contributed by atoms with Crippen molar-refractivity contribution in [3.8, 4) is 11.5 Å². The van der Waals surface area contributed by atoms with Crippen LogP contribution in [0.5, 0.6) is 11.5 Å². The Morgan fingerprint density at radius 2 is 2.07 bits per heavy atom. The van der Waals surface area contributed by atoms with Crippen molar-refractivity contribution >= 4 is 32.6 Å². The van der Waals surface area contributed by atoms with E-state index in [4.69, 9.17) is 9.47 Å². The number of nitrogens with zero attached hydrogens (tertiary/aromatic N) is 2. The number of anilines is 1. The smallest absolute Gasteiger partial charge is 0.266 e. The third-order valence-corrected chi connectivity index (χ3v) is 5.15. The second kappa shape index (κ2) is 8.68. The van der Waals surface area contributed by atoms with Gasteiger partial charge in [-0.3, -0.25) is 9.69 Å². The molecular formula is C21H22N2O3S. The van der Waals surface area contributed by atoms with Crippen molar-refractivity contribution in [3.63, 3.8) is 0 Å². The molecule has 0 unspecified atom stereocenters. The molecule has 2 aromatic carbocycles. The lowest BCUT2D eigenvalue weighted by Crippen LogP contribution is -2.34. The molecule has 0 bridgehead atoms. The highest BCUT2D eigenvalue weighted by Gasteiger charge is 2.19. The van der Waals surface area contributed by atoms with Crippen LogP contribution in [0.2, 0.25) is 0 Å². The van der Waals surface area contributed by atoms with Gasteiger partial charge < -0.3 is 9.47 Å². The van der Waals surface area contributed by atoms with Gasteiger partial charge in [0.15, 0.2) is 23.2 Å². The summed E-state index contributed by atoms with van der Waals surface area (Å²) in [5.74, 6) is 0.998. The maximum absolute atomic E-state index is 12.7. The number of hydrogen-bond acceptors (Lipinski definition) is 5. The molecule has 0 spiro atoms. The average Bonchev–Trinajstić information content (AvgIpc) is 3.11. The zero-order valence-electron chi connectivity index (χ0n) is 15.5. The molecule has 27 heavy (non-hydrogen) atoms. The number of carbonyl (C=O) groups excluding carboxylic acids is 1. The monoisotopic (exact) mass is 382 g/mol. The Balaban J connectivity index is 1.72. The molecule has 0 N–H and O–H groups in total. The normalized spacial score (nSPS) is 10.6. The minimum Gasteiger partial charge on any atom is -0.493 e. The van der Waals surface area contributed by atoms with Gasteiger partial charge in [-0.2, -0.15) is 0 Å². The molecule has 5 nitrogen and oxygen atoms in total. The summed E-state index contributed by atoms with van der Waals surface area (Å²) in [6, 6.07) is 13.5. The van der Waals surface area contributed by atoms with Crippen LogP contribution in [0.1, 0.15) is 12.5 Å². The molecule has 1 amide bonds. The molecule has 1 heterocycles. The van der Waals surface area contributed by atoms with Crippen LogP contribution >= 0.6 is 11.3 Å². The Kier molecular flexibility index (Phi) is 6.08. The van der Waals surface area contributed by atoms with Gasteiger partial charge in [-0.1, -0.05) is 35.6 Å². The third kappa shape index (κ3) is 4.28. The van der Waals surface area contributed by atoms with Crippen LogP contribution in [0.25, 0.3) is 10.2 Å². The van der Waals surface area contributed by atoms with Gasteiger partial charge in [-0.05, 0) is 43.2 Å². The lowest BCUT2D eigenvalue weighted by molar-refractivity contribution is -0.120. The number of hydrogen-bond donors (Lipinski definition) is 0. The van der Waals surface area contributed by atoms with Gasteiger partial charge in [0.05, 0.1) is 17.3 Å². The van der Waals surface area contributed by atoms with Gasteiger partial charge in [-0.25, -0.2) is 4.98 Å². The number of amides is 1. The number of allylic oxidation sites excluding steroid dienone is 1. The Morgan fingerprint density at radius 3 is 2.78 bits per heavy atom. The molecule has 0 aliphatic heterocycles. The first-order valence-electron chi connectivity index (χ1n) is 8.72. The molecule has 0 aliphatic rings. The average molecular weight is 382 g/mol. The van der Waals surface area contributed by atoms with E-state index in [0.29, 0.717) is 23.2 Å². The molecule has 0 fully saturated rings. The summed E-state index contributed by atoms with van der Waals surface area (Å²) in [4.78, 5) is 18.9. The Morgan fingerprint density at radius 1 is 1.26 bits per heavy atom. The second-order valence-corrected chi connectivity index (χ2v) is 6.88. The van der Waals surface area contributed by atoms with E-state index in [1.54, 1.807) is 12.0 Å². The van der Waals surface area contributed by atoms with Crippen LogP contribution in [0, 0.1) is 0 Å². The fourth-order valence-electron chi connectivity index (χ4n) is 2.74. The zero-order chi connectivity index (χ0) is 19.2. The highest BCUT2D eigenvalue weighted by Crippen LogP contribution is 2.30. The molecule has 3 rings (SSSR count). The summed E-state index contributed by atoms with van der Waals surface area (Å²) in [5.41, 5.74) is 1.97. The molecular weight excluding hydrogens is 360 g/mol. The number of likely N-dealkylation sites (N-methyl/N-ethyl adjacent to an activating group) is 1. The van der Waals surface area contributed by atoms with E-state index in [0.717, 1.165) is 22.2 Å². The lowest BCUT2D eigenvalue weighted by Gasteiger charge is -2.18. The molecule has 0 saturated carbocycles. The number of methoxy groups -OCH3 is 1. The molecule has 3 aromatic rings. The quantitative estimate of drug-likeness (QED) is 0.540. The highest BCUT2D eigenvalue weighted by atomic mass is 32.1. The molecule has 140 valence electrons. The van der Waals surface area contributed by atoms with Crippen molar-refractivity contribution in [3.05, 3.63) is 60.7 Å². The van der Waals surface area contributed by atoms with Crippen LogP contribution < -0.4 is 14.4 Å². The Bertz CT molecular complexity index is 919. The van der Waals surface area contributed by atoms with Gasteiger partial charge in [0, 0.05) is 6.54 Å². The van der Waals surface area contributed by atoms with Gasteiger partial charge in [-0.15, -0.1) is 6.58 Å². The van der Waals surface area contributed by atoms with Gasteiger partial charge in [0.25, 0.3) is 5.91 Å². The molecule has 0 radical (unpaired) electrons. The van der Waals surface area contributed by atoms with E-state index >= 15 is 0 Å². The van der Waals surface area contributed by atoms with Crippen LogP contribution in [0.15, 0.2) is 55.1 Å². The topological polar surface area (TPSA) is 51.7 Å². The molecule has 6 heteroatoms. The van der Waals surface area contributed by atoms with Crippen molar-refractivity contribution < 1.29 is 14.3 Å². The fraction of sp³-hybridized carbons (Fsp3) is 0.238. The predicted octanol–water partition coefficient (Wildman–Crippen LogP) is 4.47. The zero-order valence-corrected chi connectivity index (χ0v) is 16.3. The molecule has 1 aromatic heterocycles. The lowest BCUT2D eigenvalue weighted by atomic mass is 10.1. The highest BCUT2D eigenvalue weighted by molar-refractivity contribution is 7.22. The van der Waals surface area contributed by atoms with E-state index in [1.165, 1.54) is 11.3 Å².